The Hall–Kier alpha value is -2.17. The monoisotopic (exact) mass is 260 g/mol. The van der Waals surface area contributed by atoms with Gasteiger partial charge in [0.2, 0.25) is 0 Å². The minimum absolute atomic E-state index is 0.302. The van der Waals surface area contributed by atoms with Crippen molar-refractivity contribution in [1.82, 2.24) is 9.97 Å². The van der Waals surface area contributed by atoms with Gasteiger partial charge in [-0.15, -0.1) is 0 Å². The normalized spacial score (nSPS) is 10.3. The van der Waals surface area contributed by atoms with Gasteiger partial charge in [0.1, 0.15) is 23.3 Å². The van der Waals surface area contributed by atoms with Crippen molar-refractivity contribution in [2.75, 3.05) is 17.2 Å². The molecule has 19 heavy (non-hydrogen) atoms. The number of halogens is 1. The van der Waals surface area contributed by atoms with Crippen molar-refractivity contribution in [1.29, 1.82) is 0 Å². The van der Waals surface area contributed by atoms with Gasteiger partial charge in [0.05, 0.1) is 5.69 Å². The van der Waals surface area contributed by atoms with E-state index in [1.807, 2.05) is 13.8 Å². The van der Waals surface area contributed by atoms with Gasteiger partial charge >= 0.3 is 0 Å². The molecule has 0 unspecified atom stereocenters. The highest BCUT2D eigenvalue weighted by molar-refractivity contribution is 5.59. The summed E-state index contributed by atoms with van der Waals surface area (Å²) in [5.41, 5.74) is 0.408. The Bertz CT molecular complexity index is 557. The highest BCUT2D eigenvalue weighted by atomic mass is 19.1. The summed E-state index contributed by atoms with van der Waals surface area (Å²) < 4.78 is 13.6. The van der Waals surface area contributed by atoms with Crippen LogP contribution in [0.25, 0.3) is 0 Å². The fourth-order valence-corrected chi connectivity index (χ4v) is 1.69. The molecule has 100 valence electrons. The van der Waals surface area contributed by atoms with Gasteiger partial charge in [-0.3, -0.25) is 0 Å². The number of nitrogens with zero attached hydrogens (tertiary/aromatic N) is 2. The Balaban J connectivity index is 2.29. The molecule has 0 atom stereocenters. The molecule has 0 aliphatic rings. The molecule has 0 bridgehead atoms. The Labute approximate surface area is 112 Å². The van der Waals surface area contributed by atoms with E-state index < -0.39 is 0 Å². The summed E-state index contributed by atoms with van der Waals surface area (Å²) >= 11 is 0. The molecule has 4 nitrogen and oxygen atoms in total. The zero-order valence-electron chi connectivity index (χ0n) is 11.1. The van der Waals surface area contributed by atoms with E-state index in [4.69, 9.17) is 0 Å². The van der Waals surface area contributed by atoms with Gasteiger partial charge in [-0.2, -0.15) is 0 Å². The van der Waals surface area contributed by atoms with E-state index in [2.05, 4.69) is 20.6 Å². The van der Waals surface area contributed by atoms with Crippen molar-refractivity contribution in [3.8, 4) is 0 Å². The first-order valence-electron chi connectivity index (χ1n) is 6.36. The van der Waals surface area contributed by atoms with Crippen LogP contribution >= 0.6 is 0 Å². The smallest absolute Gasteiger partial charge is 0.146 e. The van der Waals surface area contributed by atoms with E-state index in [9.17, 15) is 4.39 Å². The van der Waals surface area contributed by atoms with Crippen molar-refractivity contribution in [3.05, 3.63) is 42.0 Å². The molecule has 0 fully saturated rings. The van der Waals surface area contributed by atoms with Crippen LogP contribution in [0.1, 0.15) is 19.7 Å². The number of anilines is 3. The van der Waals surface area contributed by atoms with Crippen LogP contribution in [-0.4, -0.2) is 16.5 Å². The van der Waals surface area contributed by atoms with Crippen LogP contribution in [0.2, 0.25) is 0 Å². The van der Waals surface area contributed by atoms with E-state index in [0.29, 0.717) is 11.5 Å². The summed E-state index contributed by atoms with van der Waals surface area (Å²) in [5.74, 6) is 1.75. The molecule has 1 aromatic heterocycles. The molecular formula is C14H17FN4. The number of aromatic nitrogens is 2. The van der Waals surface area contributed by atoms with Crippen LogP contribution in [0.4, 0.5) is 21.7 Å². The van der Waals surface area contributed by atoms with Gasteiger partial charge in [0, 0.05) is 19.0 Å². The number of nitrogens with one attached hydrogen (secondary N) is 2. The Morgan fingerprint density at radius 3 is 2.53 bits per heavy atom. The van der Waals surface area contributed by atoms with Crippen LogP contribution in [0.3, 0.4) is 0 Å². The highest BCUT2D eigenvalue weighted by Gasteiger charge is 2.05. The second-order valence-electron chi connectivity index (χ2n) is 4.04. The summed E-state index contributed by atoms with van der Waals surface area (Å²) in [6.45, 7) is 4.76. The second-order valence-corrected chi connectivity index (χ2v) is 4.04. The molecule has 0 amide bonds. The summed E-state index contributed by atoms with van der Waals surface area (Å²) in [5, 5.41) is 6.12. The van der Waals surface area contributed by atoms with Crippen molar-refractivity contribution >= 4 is 17.3 Å². The number of para-hydroxylation sites is 1. The first kappa shape index (κ1) is 13.3. The minimum atomic E-state index is -0.302. The molecular weight excluding hydrogens is 243 g/mol. The van der Waals surface area contributed by atoms with Crippen molar-refractivity contribution < 1.29 is 4.39 Å². The van der Waals surface area contributed by atoms with Crippen LogP contribution in [0.5, 0.6) is 0 Å². The maximum absolute atomic E-state index is 13.6. The molecule has 2 N–H and O–H groups in total. The largest absolute Gasteiger partial charge is 0.370 e. The third kappa shape index (κ3) is 3.40. The van der Waals surface area contributed by atoms with E-state index in [1.54, 1.807) is 24.3 Å². The lowest BCUT2D eigenvalue weighted by molar-refractivity contribution is 0.632. The number of benzene rings is 1. The van der Waals surface area contributed by atoms with Gasteiger partial charge < -0.3 is 10.6 Å². The van der Waals surface area contributed by atoms with Crippen LogP contribution in [0, 0.1) is 5.82 Å². The topological polar surface area (TPSA) is 49.8 Å². The average Bonchev–Trinajstić information content (AvgIpc) is 2.41. The summed E-state index contributed by atoms with van der Waals surface area (Å²) in [6.07, 6.45) is 0.727. The number of rotatable bonds is 5. The molecule has 5 heteroatoms. The molecule has 2 rings (SSSR count). The maximum atomic E-state index is 13.6. The predicted molar refractivity (Wildman–Crippen MR) is 75.3 cm³/mol. The van der Waals surface area contributed by atoms with Gasteiger partial charge in [0.25, 0.3) is 0 Å². The van der Waals surface area contributed by atoms with Crippen molar-refractivity contribution in [3.63, 3.8) is 0 Å². The second kappa shape index (κ2) is 6.13. The zero-order chi connectivity index (χ0) is 13.7. The summed E-state index contributed by atoms with van der Waals surface area (Å²) in [6, 6.07) is 8.29. The first-order valence-corrected chi connectivity index (χ1v) is 6.36. The molecule has 0 saturated heterocycles. The van der Waals surface area contributed by atoms with Gasteiger partial charge in [0.15, 0.2) is 0 Å². The summed E-state index contributed by atoms with van der Waals surface area (Å²) in [4.78, 5) is 8.69. The highest BCUT2D eigenvalue weighted by Crippen LogP contribution is 2.20. The quantitative estimate of drug-likeness (QED) is 0.865. The molecule has 0 aliphatic heterocycles. The molecule has 0 spiro atoms. The van der Waals surface area contributed by atoms with E-state index in [0.717, 1.165) is 24.6 Å². The summed E-state index contributed by atoms with van der Waals surface area (Å²) in [7, 11) is 0. The van der Waals surface area contributed by atoms with E-state index in [-0.39, 0.29) is 5.82 Å². The first-order chi connectivity index (χ1) is 9.22. The number of aryl methyl sites for hydroxylation is 1. The Kier molecular flexibility index (Phi) is 4.28. The molecule has 0 aliphatic carbocycles. The molecule has 1 heterocycles. The van der Waals surface area contributed by atoms with Crippen molar-refractivity contribution in [2.45, 2.75) is 20.3 Å². The van der Waals surface area contributed by atoms with Crippen LogP contribution < -0.4 is 10.6 Å². The van der Waals surface area contributed by atoms with Gasteiger partial charge in [-0.05, 0) is 19.1 Å². The molecule has 2 aromatic rings. The lowest BCUT2D eigenvalue weighted by Gasteiger charge is -2.10. The standard InChI is InChI=1S/C14H17FN4/c1-3-12-18-13(16-4-2)9-14(19-12)17-11-8-6-5-7-10(11)15/h5-9H,3-4H2,1-2H3,(H2,16,17,18,19). The average molecular weight is 260 g/mol. The van der Waals surface area contributed by atoms with E-state index >= 15 is 0 Å². The van der Waals surface area contributed by atoms with Crippen LogP contribution in [-0.2, 0) is 6.42 Å². The third-order valence-corrected chi connectivity index (χ3v) is 2.58. The maximum Gasteiger partial charge on any atom is 0.146 e. The molecule has 1 aromatic carbocycles. The lowest BCUT2D eigenvalue weighted by atomic mass is 10.3. The fraction of sp³-hybridized carbons (Fsp3) is 0.286. The SMILES string of the molecule is CCNc1cc(Nc2ccccc2F)nc(CC)n1. The molecule has 0 radical (unpaired) electrons. The molecule has 0 saturated carbocycles. The Morgan fingerprint density at radius 1 is 1.11 bits per heavy atom. The Morgan fingerprint density at radius 2 is 1.84 bits per heavy atom. The lowest BCUT2D eigenvalue weighted by Crippen LogP contribution is -2.06. The third-order valence-electron chi connectivity index (χ3n) is 2.58. The van der Waals surface area contributed by atoms with Gasteiger partial charge in [-0.25, -0.2) is 14.4 Å². The fourth-order valence-electron chi connectivity index (χ4n) is 1.69. The number of hydrogen-bond donors (Lipinski definition) is 2. The zero-order valence-corrected chi connectivity index (χ0v) is 11.1. The van der Waals surface area contributed by atoms with Crippen LogP contribution in [0.15, 0.2) is 30.3 Å². The number of hydrogen-bond acceptors (Lipinski definition) is 4. The van der Waals surface area contributed by atoms with E-state index in [1.165, 1.54) is 6.07 Å². The van der Waals surface area contributed by atoms with Gasteiger partial charge in [-0.1, -0.05) is 19.1 Å². The minimum Gasteiger partial charge on any atom is -0.370 e. The predicted octanol–water partition coefficient (Wildman–Crippen LogP) is 3.35. The van der Waals surface area contributed by atoms with Crippen molar-refractivity contribution in [2.24, 2.45) is 0 Å².